The van der Waals surface area contributed by atoms with E-state index in [-0.39, 0.29) is 5.91 Å². The zero-order valence-corrected chi connectivity index (χ0v) is 15.1. The molecule has 1 aromatic heterocycles. The molecule has 1 heterocycles. The Hall–Kier alpha value is -2.41. The number of ether oxygens (including phenoxy) is 1. The van der Waals surface area contributed by atoms with Gasteiger partial charge in [-0.3, -0.25) is 4.79 Å². The van der Waals surface area contributed by atoms with E-state index < -0.39 is 0 Å². The van der Waals surface area contributed by atoms with Gasteiger partial charge in [0.2, 0.25) is 17.6 Å². The van der Waals surface area contributed by atoms with E-state index in [0.29, 0.717) is 31.1 Å². The maximum absolute atomic E-state index is 11.9. The van der Waals surface area contributed by atoms with Crippen molar-refractivity contribution in [1.82, 2.24) is 20.4 Å². The van der Waals surface area contributed by atoms with Crippen LogP contribution in [0.4, 0.5) is 0 Å². The summed E-state index contributed by atoms with van der Waals surface area (Å²) in [6, 6.07) is 7.42. The second-order valence-electron chi connectivity index (χ2n) is 5.62. The van der Waals surface area contributed by atoms with Crippen molar-refractivity contribution >= 4 is 5.91 Å². The first-order valence-corrected chi connectivity index (χ1v) is 8.62. The molecule has 1 N–H and O–H groups in total. The van der Waals surface area contributed by atoms with Crippen LogP contribution in [-0.2, 0) is 11.2 Å². The van der Waals surface area contributed by atoms with Crippen molar-refractivity contribution < 1.29 is 14.1 Å². The maximum Gasteiger partial charge on any atom is 0.227 e. The van der Waals surface area contributed by atoms with Crippen LogP contribution in [0.25, 0.3) is 11.4 Å². The van der Waals surface area contributed by atoms with Crippen molar-refractivity contribution in [2.45, 2.75) is 26.7 Å². The summed E-state index contributed by atoms with van der Waals surface area (Å²) >= 11 is 0. The Morgan fingerprint density at radius 3 is 2.60 bits per heavy atom. The standard InChI is InChI=1S/C18H26N4O3/c1-4-22(5-2)13-12-19-16(23)10-11-17-20-18(21-25-17)14-6-8-15(24-3)9-7-14/h6-9H,4-5,10-13H2,1-3H3,(H,19,23). The molecule has 0 radical (unpaired) electrons. The van der Waals surface area contributed by atoms with Gasteiger partial charge >= 0.3 is 0 Å². The number of carbonyl (C=O) groups excluding carboxylic acids is 1. The van der Waals surface area contributed by atoms with E-state index in [0.717, 1.165) is 30.9 Å². The SMILES string of the molecule is CCN(CC)CCNC(=O)CCc1nc(-c2ccc(OC)cc2)no1. The van der Waals surface area contributed by atoms with Gasteiger partial charge < -0.3 is 19.5 Å². The van der Waals surface area contributed by atoms with Gasteiger partial charge in [-0.15, -0.1) is 0 Å². The molecule has 0 fully saturated rings. The third-order valence-corrected chi connectivity index (χ3v) is 4.03. The number of nitrogens with zero attached hydrogens (tertiary/aromatic N) is 3. The number of amides is 1. The van der Waals surface area contributed by atoms with Gasteiger partial charge in [-0.2, -0.15) is 4.98 Å². The van der Waals surface area contributed by atoms with Gasteiger partial charge in [0.05, 0.1) is 7.11 Å². The fourth-order valence-corrected chi connectivity index (χ4v) is 2.42. The third-order valence-electron chi connectivity index (χ3n) is 4.03. The van der Waals surface area contributed by atoms with E-state index in [1.54, 1.807) is 7.11 Å². The average Bonchev–Trinajstić information content (AvgIpc) is 3.12. The van der Waals surface area contributed by atoms with Crippen molar-refractivity contribution in [2.24, 2.45) is 0 Å². The maximum atomic E-state index is 11.9. The number of aromatic nitrogens is 2. The number of nitrogens with one attached hydrogen (secondary N) is 1. The van der Waals surface area contributed by atoms with Gasteiger partial charge in [-0.1, -0.05) is 19.0 Å². The molecule has 2 aromatic rings. The van der Waals surface area contributed by atoms with E-state index in [9.17, 15) is 4.79 Å². The number of likely N-dealkylation sites (N-methyl/N-ethyl adjacent to an activating group) is 1. The third kappa shape index (κ3) is 5.86. The number of rotatable bonds is 10. The Morgan fingerprint density at radius 1 is 1.24 bits per heavy atom. The van der Waals surface area contributed by atoms with Crippen LogP contribution in [0.5, 0.6) is 5.75 Å². The number of benzene rings is 1. The zero-order chi connectivity index (χ0) is 18.1. The molecule has 1 amide bonds. The van der Waals surface area contributed by atoms with Crippen LogP contribution in [-0.4, -0.2) is 54.2 Å². The Labute approximate surface area is 148 Å². The fourth-order valence-electron chi connectivity index (χ4n) is 2.42. The first-order chi connectivity index (χ1) is 12.2. The average molecular weight is 346 g/mol. The molecule has 136 valence electrons. The van der Waals surface area contributed by atoms with Crippen molar-refractivity contribution in [3.05, 3.63) is 30.2 Å². The quantitative estimate of drug-likeness (QED) is 0.710. The van der Waals surface area contributed by atoms with Gasteiger partial charge in [-0.05, 0) is 37.4 Å². The van der Waals surface area contributed by atoms with Crippen molar-refractivity contribution in [3.63, 3.8) is 0 Å². The summed E-state index contributed by atoms with van der Waals surface area (Å²) in [4.78, 5) is 18.5. The largest absolute Gasteiger partial charge is 0.497 e. The minimum atomic E-state index is -0.00338. The summed E-state index contributed by atoms with van der Waals surface area (Å²) in [5.41, 5.74) is 0.847. The van der Waals surface area contributed by atoms with Crippen LogP contribution in [0.15, 0.2) is 28.8 Å². The van der Waals surface area contributed by atoms with E-state index in [4.69, 9.17) is 9.26 Å². The van der Waals surface area contributed by atoms with E-state index in [2.05, 4.69) is 34.2 Å². The number of methoxy groups -OCH3 is 1. The lowest BCUT2D eigenvalue weighted by Crippen LogP contribution is -2.34. The predicted molar refractivity (Wildman–Crippen MR) is 95.4 cm³/mol. The highest BCUT2D eigenvalue weighted by Crippen LogP contribution is 2.19. The summed E-state index contributed by atoms with van der Waals surface area (Å²) in [6.07, 6.45) is 0.767. The molecule has 7 heteroatoms. The number of hydrogen-bond acceptors (Lipinski definition) is 6. The van der Waals surface area contributed by atoms with E-state index >= 15 is 0 Å². The first-order valence-electron chi connectivity index (χ1n) is 8.62. The van der Waals surface area contributed by atoms with Crippen LogP contribution in [0.3, 0.4) is 0 Å². The van der Waals surface area contributed by atoms with Gasteiger partial charge in [0.25, 0.3) is 0 Å². The molecule has 1 aromatic carbocycles. The fraction of sp³-hybridized carbons (Fsp3) is 0.500. The van der Waals surface area contributed by atoms with Crippen LogP contribution in [0.2, 0.25) is 0 Å². The topological polar surface area (TPSA) is 80.5 Å². The molecule has 0 aliphatic carbocycles. The molecule has 0 saturated carbocycles. The number of aryl methyl sites for hydroxylation is 1. The lowest BCUT2D eigenvalue weighted by Gasteiger charge is -2.17. The number of hydrogen-bond donors (Lipinski definition) is 1. The van der Waals surface area contributed by atoms with Gasteiger partial charge in [0, 0.05) is 31.5 Å². The van der Waals surface area contributed by atoms with Crippen LogP contribution < -0.4 is 10.1 Å². The molecule has 0 atom stereocenters. The molecule has 25 heavy (non-hydrogen) atoms. The molecule has 0 saturated heterocycles. The minimum Gasteiger partial charge on any atom is -0.497 e. The van der Waals surface area contributed by atoms with Gasteiger partial charge in [0.1, 0.15) is 5.75 Å². The summed E-state index contributed by atoms with van der Waals surface area (Å²) in [5, 5.41) is 6.88. The summed E-state index contributed by atoms with van der Waals surface area (Å²) in [7, 11) is 1.62. The Balaban J connectivity index is 1.77. The predicted octanol–water partition coefficient (Wildman–Crippen LogP) is 2.14. The molecule has 0 bridgehead atoms. The Morgan fingerprint density at radius 2 is 1.96 bits per heavy atom. The molecule has 2 rings (SSSR count). The molecule has 0 aliphatic rings. The second-order valence-corrected chi connectivity index (χ2v) is 5.62. The lowest BCUT2D eigenvalue weighted by atomic mass is 10.2. The molecular formula is C18H26N4O3. The first kappa shape index (κ1) is 18.9. The summed E-state index contributed by atoms with van der Waals surface area (Å²) in [5.74, 6) is 1.74. The zero-order valence-electron chi connectivity index (χ0n) is 15.1. The van der Waals surface area contributed by atoms with E-state index in [1.165, 1.54) is 0 Å². The van der Waals surface area contributed by atoms with Gasteiger partial charge in [0.15, 0.2) is 0 Å². The smallest absolute Gasteiger partial charge is 0.227 e. The molecule has 7 nitrogen and oxygen atoms in total. The highest BCUT2D eigenvalue weighted by atomic mass is 16.5. The normalized spacial score (nSPS) is 10.9. The number of carbonyl (C=O) groups is 1. The Bertz CT molecular complexity index is 651. The van der Waals surface area contributed by atoms with Crippen molar-refractivity contribution in [3.8, 4) is 17.1 Å². The summed E-state index contributed by atoms with van der Waals surface area (Å²) in [6.45, 7) is 7.72. The van der Waals surface area contributed by atoms with Crippen LogP contribution >= 0.6 is 0 Å². The van der Waals surface area contributed by atoms with E-state index in [1.807, 2.05) is 24.3 Å². The van der Waals surface area contributed by atoms with Gasteiger partial charge in [-0.25, -0.2) is 0 Å². The lowest BCUT2D eigenvalue weighted by molar-refractivity contribution is -0.121. The second kappa shape index (κ2) is 9.78. The van der Waals surface area contributed by atoms with Crippen LogP contribution in [0.1, 0.15) is 26.2 Å². The molecular weight excluding hydrogens is 320 g/mol. The molecule has 0 spiro atoms. The Kier molecular flexibility index (Phi) is 7.40. The highest BCUT2D eigenvalue weighted by molar-refractivity contribution is 5.76. The molecule has 0 unspecified atom stereocenters. The summed E-state index contributed by atoms with van der Waals surface area (Å²) < 4.78 is 10.3. The van der Waals surface area contributed by atoms with Crippen molar-refractivity contribution in [1.29, 1.82) is 0 Å². The minimum absolute atomic E-state index is 0.00338. The molecule has 0 aliphatic heterocycles. The van der Waals surface area contributed by atoms with Crippen LogP contribution in [0, 0.1) is 0 Å². The monoisotopic (exact) mass is 346 g/mol. The highest BCUT2D eigenvalue weighted by Gasteiger charge is 2.11. The van der Waals surface area contributed by atoms with Crippen molar-refractivity contribution in [2.75, 3.05) is 33.3 Å².